The Balaban J connectivity index is 2.08. The maximum absolute atomic E-state index is 14.0. The van der Waals surface area contributed by atoms with Gasteiger partial charge in [-0.25, -0.2) is 8.42 Å². The van der Waals surface area contributed by atoms with Crippen LogP contribution in [0.1, 0.15) is 16.7 Å². The van der Waals surface area contributed by atoms with Gasteiger partial charge in [-0.15, -0.1) is 0 Å². The monoisotopic (exact) mass is 557 g/mol. The van der Waals surface area contributed by atoms with Crippen molar-refractivity contribution >= 4 is 39.1 Å². The van der Waals surface area contributed by atoms with Crippen LogP contribution in [0, 0.1) is 6.92 Å². The molecule has 0 aliphatic carbocycles. The number of likely N-dealkylation sites (N-methyl/N-ethyl adjacent to an activating group) is 1. The lowest BCUT2D eigenvalue weighted by Gasteiger charge is -2.33. The summed E-state index contributed by atoms with van der Waals surface area (Å²) >= 11 is 6.17. The summed E-state index contributed by atoms with van der Waals surface area (Å²) in [4.78, 5) is 28.6. The van der Waals surface area contributed by atoms with Crippen molar-refractivity contribution in [3.8, 4) is 5.75 Å². The first-order valence-corrected chi connectivity index (χ1v) is 14.2. The average Bonchev–Trinajstić information content (AvgIpc) is 2.89. The molecule has 2 amide bonds. The lowest BCUT2D eigenvalue weighted by atomic mass is 10.0. The van der Waals surface area contributed by atoms with Gasteiger partial charge in [-0.05, 0) is 41.8 Å². The second kappa shape index (κ2) is 12.8. The normalized spacial score (nSPS) is 11.9. The fraction of sp³-hybridized carbons (Fsp3) is 0.286. The summed E-state index contributed by atoms with van der Waals surface area (Å²) in [5.74, 6) is -0.669. The van der Waals surface area contributed by atoms with E-state index in [1.807, 2.05) is 61.5 Å². The average molecular weight is 558 g/mol. The Morgan fingerprint density at radius 1 is 1.03 bits per heavy atom. The molecule has 0 saturated carbocycles. The molecule has 3 rings (SSSR count). The first-order chi connectivity index (χ1) is 18.0. The molecule has 0 fully saturated rings. The van der Waals surface area contributed by atoms with Crippen molar-refractivity contribution in [2.24, 2.45) is 0 Å². The number of hydrogen-bond donors (Lipinski definition) is 1. The van der Waals surface area contributed by atoms with E-state index in [4.69, 9.17) is 16.3 Å². The summed E-state index contributed by atoms with van der Waals surface area (Å²) in [7, 11) is -1.03. The molecule has 1 N–H and O–H groups in total. The van der Waals surface area contributed by atoms with E-state index in [1.165, 1.54) is 31.2 Å². The molecule has 0 aromatic heterocycles. The van der Waals surface area contributed by atoms with Crippen molar-refractivity contribution in [1.82, 2.24) is 10.2 Å². The number of amides is 2. The summed E-state index contributed by atoms with van der Waals surface area (Å²) in [5, 5.41) is 2.94. The molecule has 1 atom stereocenters. The van der Waals surface area contributed by atoms with Crippen molar-refractivity contribution in [3.63, 3.8) is 0 Å². The van der Waals surface area contributed by atoms with E-state index in [2.05, 4.69) is 5.32 Å². The highest BCUT2D eigenvalue weighted by atomic mass is 35.5. The van der Waals surface area contributed by atoms with Crippen molar-refractivity contribution in [2.45, 2.75) is 25.9 Å². The number of sulfonamides is 1. The minimum Gasteiger partial charge on any atom is -0.495 e. The summed E-state index contributed by atoms with van der Waals surface area (Å²) in [6, 6.07) is 20.6. The predicted octanol–water partition coefficient (Wildman–Crippen LogP) is 3.81. The fourth-order valence-electron chi connectivity index (χ4n) is 4.14. The van der Waals surface area contributed by atoms with Gasteiger partial charge in [0.05, 0.1) is 19.1 Å². The minimum atomic E-state index is -3.94. The molecule has 3 aromatic rings. The van der Waals surface area contributed by atoms with Gasteiger partial charge in [0.15, 0.2) is 0 Å². The first-order valence-electron chi connectivity index (χ1n) is 12.0. The number of nitrogens with zero attached hydrogens (tertiary/aromatic N) is 2. The Morgan fingerprint density at radius 2 is 1.68 bits per heavy atom. The molecular formula is C28H32ClN3O5S. The number of aryl methyl sites for hydroxylation is 1. The Labute approximate surface area is 229 Å². The van der Waals surface area contributed by atoms with Crippen molar-refractivity contribution in [2.75, 3.05) is 31.3 Å². The highest BCUT2D eigenvalue weighted by Gasteiger charge is 2.33. The highest BCUT2D eigenvalue weighted by molar-refractivity contribution is 7.92. The van der Waals surface area contributed by atoms with Crippen molar-refractivity contribution < 1.29 is 22.7 Å². The summed E-state index contributed by atoms with van der Waals surface area (Å²) < 4.78 is 32.1. The van der Waals surface area contributed by atoms with Crippen LogP contribution < -0.4 is 14.4 Å². The third-order valence-electron chi connectivity index (χ3n) is 6.21. The molecule has 0 bridgehead atoms. The SMILES string of the molecule is CNC(=O)C(Cc1ccccc1)N(Cc1ccccc1C)C(=O)CN(c1cc(Cl)ccc1OC)S(C)(=O)=O. The molecule has 0 aliphatic rings. The zero-order chi connectivity index (χ0) is 27.9. The Bertz CT molecular complexity index is 1380. The molecule has 10 heteroatoms. The first kappa shape index (κ1) is 29.0. The maximum atomic E-state index is 14.0. The van der Waals surface area contributed by atoms with Crippen LogP contribution in [-0.2, 0) is 32.6 Å². The molecule has 0 heterocycles. The molecule has 202 valence electrons. The lowest BCUT2D eigenvalue weighted by molar-refractivity contribution is -0.139. The number of anilines is 1. The standard InChI is InChI=1S/C28H32ClN3O5S/c1-20-10-8-9-13-22(20)18-31(25(28(34)30-2)16-21-11-6-5-7-12-21)27(33)19-32(38(4,35)36)24-17-23(29)14-15-26(24)37-3/h5-15,17,25H,16,18-19H2,1-4H3,(H,30,34). The van der Waals surface area contributed by atoms with Gasteiger partial charge in [-0.2, -0.15) is 0 Å². The van der Waals surface area contributed by atoms with Crippen LogP contribution >= 0.6 is 11.6 Å². The number of hydrogen-bond acceptors (Lipinski definition) is 5. The predicted molar refractivity (Wildman–Crippen MR) is 150 cm³/mol. The topological polar surface area (TPSA) is 96.0 Å². The molecule has 0 aliphatic heterocycles. The zero-order valence-corrected chi connectivity index (χ0v) is 23.4. The van der Waals surface area contributed by atoms with Gasteiger partial charge in [-0.1, -0.05) is 66.2 Å². The van der Waals surface area contributed by atoms with E-state index >= 15 is 0 Å². The second-order valence-corrected chi connectivity index (χ2v) is 11.2. The van der Waals surface area contributed by atoms with E-state index in [0.717, 1.165) is 27.3 Å². The largest absolute Gasteiger partial charge is 0.495 e. The van der Waals surface area contributed by atoms with Crippen molar-refractivity contribution in [3.05, 3.63) is 94.5 Å². The van der Waals surface area contributed by atoms with Gasteiger partial charge < -0.3 is 15.0 Å². The Hall–Kier alpha value is -3.56. The van der Waals surface area contributed by atoms with Crippen LogP contribution in [0.2, 0.25) is 5.02 Å². The third-order valence-corrected chi connectivity index (χ3v) is 7.57. The lowest BCUT2D eigenvalue weighted by Crippen LogP contribution is -2.53. The van der Waals surface area contributed by atoms with Crippen LogP contribution in [0.4, 0.5) is 5.69 Å². The quantitative estimate of drug-likeness (QED) is 0.387. The van der Waals surface area contributed by atoms with E-state index in [0.29, 0.717) is 0 Å². The van der Waals surface area contributed by atoms with Gasteiger partial charge in [-0.3, -0.25) is 13.9 Å². The van der Waals surface area contributed by atoms with Crippen LogP contribution in [0.3, 0.4) is 0 Å². The van der Waals surface area contributed by atoms with Crippen LogP contribution in [0.25, 0.3) is 0 Å². The molecule has 8 nitrogen and oxygen atoms in total. The zero-order valence-electron chi connectivity index (χ0n) is 21.8. The van der Waals surface area contributed by atoms with Gasteiger partial charge in [0, 0.05) is 25.0 Å². The smallest absolute Gasteiger partial charge is 0.244 e. The number of benzene rings is 3. The van der Waals surface area contributed by atoms with Crippen LogP contribution in [0.15, 0.2) is 72.8 Å². The summed E-state index contributed by atoms with van der Waals surface area (Å²) in [5.41, 5.74) is 2.78. The third kappa shape index (κ3) is 7.26. The second-order valence-electron chi connectivity index (χ2n) is 8.85. The van der Waals surface area contributed by atoms with E-state index in [1.54, 1.807) is 6.07 Å². The number of rotatable bonds is 11. The van der Waals surface area contributed by atoms with Crippen LogP contribution in [-0.4, -0.2) is 58.1 Å². The van der Waals surface area contributed by atoms with Gasteiger partial charge >= 0.3 is 0 Å². The van der Waals surface area contributed by atoms with E-state index in [-0.39, 0.29) is 35.3 Å². The number of halogens is 1. The van der Waals surface area contributed by atoms with Crippen LogP contribution in [0.5, 0.6) is 5.75 Å². The number of carbonyl (C=O) groups is 2. The fourth-order valence-corrected chi connectivity index (χ4v) is 5.16. The number of methoxy groups -OCH3 is 1. The molecule has 0 radical (unpaired) electrons. The molecule has 0 spiro atoms. The maximum Gasteiger partial charge on any atom is 0.244 e. The van der Waals surface area contributed by atoms with Gasteiger partial charge in [0.25, 0.3) is 0 Å². The number of carbonyl (C=O) groups excluding carboxylic acids is 2. The molecule has 38 heavy (non-hydrogen) atoms. The van der Waals surface area contributed by atoms with Crippen molar-refractivity contribution in [1.29, 1.82) is 0 Å². The Morgan fingerprint density at radius 3 is 2.29 bits per heavy atom. The minimum absolute atomic E-state index is 0.112. The molecule has 3 aromatic carbocycles. The molecular weight excluding hydrogens is 526 g/mol. The van der Waals surface area contributed by atoms with Gasteiger partial charge in [0.2, 0.25) is 21.8 Å². The summed E-state index contributed by atoms with van der Waals surface area (Å²) in [6.07, 6.45) is 1.25. The number of nitrogens with one attached hydrogen (secondary N) is 1. The number of ether oxygens (including phenoxy) is 1. The molecule has 0 saturated heterocycles. The van der Waals surface area contributed by atoms with Gasteiger partial charge in [0.1, 0.15) is 18.3 Å². The Kier molecular flexibility index (Phi) is 9.77. The highest BCUT2D eigenvalue weighted by Crippen LogP contribution is 2.33. The molecule has 1 unspecified atom stereocenters. The van der Waals surface area contributed by atoms with E-state index < -0.39 is 28.5 Å². The summed E-state index contributed by atoms with van der Waals surface area (Å²) in [6.45, 7) is 1.48. The van der Waals surface area contributed by atoms with E-state index in [9.17, 15) is 18.0 Å².